The van der Waals surface area contributed by atoms with Crippen molar-refractivity contribution in [2.75, 3.05) is 6.61 Å². The topological polar surface area (TPSA) is 132 Å². The molecule has 0 spiro atoms. The molecule has 10 nitrogen and oxygen atoms in total. The maximum atomic E-state index is 13.2. The van der Waals surface area contributed by atoms with E-state index in [1.54, 1.807) is 37.2 Å². The third-order valence-electron chi connectivity index (χ3n) is 8.72. The second-order valence-corrected chi connectivity index (χ2v) is 18.0. The van der Waals surface area contributed by atoms with Gasteiger partial charge in [-0.1, -0.05) is 35.9 Å². The summed E-state index contributed by atoms with van der Waals surface area (Å²) in [6.45, 7) is 2.23. The molecule has 7 aromatic heterocycles. The minimum atomic E-state index is -10.7. The monoisotopic (exact) mass is 1080 g/mol. The van der Waals surface area contributed by atoms with Crippen LogP contribution in [0.1, 0.15) is 27.7 Å². The summed E-state index contributed by atoms with van der Waals surface area (Å²) in [7, 11) is -21.3. The van der Waals surface area contributed by atoms with E-state index in [1.165, 1.54) is 0 Å². The predicted octanol–water partition coefficient (Wildman–Crippen LogP) is 15.4. The van der Waals surface area contributed by atoms with E-state index in [0.29, 0.717) is 17.1 Å². The molecule has 0 bridgehead atoms. The van der Waals surface area contributed by atoms with E-state index >= 15 is 0 Å². The van der Waals surface area contributed by atoms with Crippen molar-refractivity contribution in [2.45, 2.75) is 12.8 Å². The standard InChI is InChI=1S/C23H16N4O2.2C10H8N2.2F6P.Ru/c1-12-6-7-17-15(10-12)22(28)16(11-29-17)23-26-20-13-4-2-8-24-18(13)19-14(21(20)27-23)5-3-9-25-19;2*1-3-7-11-9(5-1)10-6-2-4-8-12-10;2*1-7(2,3,4,5)6;/h2-10,16H,11H2,1H3,(H,26,27);2*1-8H;;;/q;;;2*-1;+2. The molecule has 0 fully saturated rings. The predicted molar refractivity (Wildman–Crippen MR) is 233 cm³/mol. The molecule has 1 aliphatic heterocycles. The number of aromatic nitrogens is 8. The second-order valence-electron chi connectivity index (χ2n) is 14.1. The Kier molecular flexibility index (Phi) is 14.5. The van der Waals surface area contributed by atoms with Gasteiger partial charge in [0.25, 0.3) is 0 Å². The molecule has 10 rings (SSSR count). The van der Waals surface area contributed by atoms with Gasteiger partial charge in [0, 0.05) is 48.0 Å². The molecular weight excluding hydrogens is 1050 g/mol. The van der Waals surface area contributed by atoms with Crippen LogP contribution in [0, 0.1) is 6.92 Å². The average molecular weight is 1080 g/mol. The number of imidazole rings is 1. The number of ether oxygens (including phenoxy) is 1. The molecule has 0 saturated carbocycles. The number of fused-ring (bicyclic) bond motifs is 7. The maximum absolute atomic E-state index is 13.2. The van der Waals surface area contributed by atoms with E-state index in [0.717, 1.165) is 61.2 Å². The van der Waals surface area contributed by atoms with Crippen LogP contribution >= 0.6 is 15.6 Å². The first-order valence-electron chi connectivity index (χ1n) is 19.1. The first kappa shape index (κ1) is 52.4. The third-order valence-corrected chi connectivity index (χ3v) is 8.72. The number of benzene rings is 2. The first-order valence-corrected chi connectivity index (χ1v) is 23.2. The molecule has 68 heavy (non-hydrogen) atoms. The Hall–Kier alpha value is -6.56. The Balaban J connectivity index is 0.000000184. The second kappa shape index (κ2) is 18.9. The van der Waals surface area contributed by atoms with Gasteiger partial charge in [0.15, 0.2) is 5.78 Å². The van der Waals surface area contributed by atoms with Gasteiger partial charge in [0.1, 0.15) is 24.1 Å². The minimum Gasteiger partial charge on any atom is -0.255 e. The van der Waals surface area contributed by atoms with E-state index in [-0.39, 0.29) is 31.9 Å². The SMILES string of the molecule is Cc1ccc2c(c1)C(=O)C(c1nc3c4cccnc4c4ncccc4c3[nH]1)CO2.F[P-](F)(F)(F)(F)F.F[P-](F)(F)(F)(F)F.[Ru+2].c1ccc(-c2ccccn2)nc1.c1ccc(-c2ccccn2)nc1. The number of pyridine rings is 6. The van der Waals surface area contributed by atoms with Crippen LogP contribution in [0.5, 0.6) is 5.75 Å². The van der Waals surface area contributed by atoms with Gasteiger partial charge < -0.3 is 9.72 Å². The van der Waals surface area contributed by atoms with Crippen LogP contribution in [0.2, 0.25) is 0 Å². The van der Waals surface area contributed by atoms with Crippen molar-refractivity contribution in [1.82, 2.24) is 39.9 Å². The first-order chi connectivity index (χ1) is 31.0. The van der Waals surface area contributed by atoms with Crippen LogP contribution in [0.15, 0.2) is 152 Å². The van der Waals surface area contributed by atoms with E-state index in [2.05, 4.69) is 34.9 Å². The number of carbonyl (C=O) groups is 1. The Labute approximate surface area is 389 Å². The van der Waals surface area contributed by atoms with Crippen LogP contribution in [-0.4, -0.2) is 52.3 Å². The van der Waals surface area contributed by atoms with E-state index in [4.69, 9.17) is 9.72 Å². The number of ketones is 1. The van der Waals surface area contributed by atoms with Crippen molar-refractivity contribution in [2.24, 2.45) is 0 Å². The van der Waals surface area contributed by atoms with Crippen molar-refractivity contribution in [3.05, 3.63) is 169 Å². The van der Waals surface area contributed by atoms with Gasteiger partial charge in [0.05, 0.1) is 50.4 Å². The van der Waals surface area contributed by atoms with Crippen LogP contribution < -0.4 is 4.74 Å². The quantitative estimate of drug-likeness (QED) is 0.0795. The average Bonchev–Trinajstić information content (AvgIpc) is 3.72. The summed E-state index contributed by atoms with van der Waals surface area (Å²) in [5.74, 6) is 0.796. The van der Waals surface area contributed by atoms with Crippen LogP contribution in [-0.2, 0) is 19.5 Å². The number of hydrogen-bond donors (Lipinski definition) is 1. The third kappa shape index (κ3) is 17.0. The Morgan fingerprint density at radius 1 is 0.515 bits per heavy atom. The fourth-order valence-electron chi connectivity index (χ4n) is 6.19. The van der Waals surface area contributed by atoms with Gasteiger partial charge in [-0.05, 0) is 91.9 Å². The fraction of sp³-hybridized carbons (Fsp3) is 0.0698. The Bertz CT molecular complexity index is 2900. The van der Waals surface area contributed by atoms with Crippen LogP contribution in [0.25, 0.3) is 55.6 Å². The molecule has 0 amide bonds. The largest absolute Gasteiger partial charge is 2.00 e. The van der Waals surface area contributed by atoms with Crippen molar-refractivity contribution in [1.29, 1.82) is 0 Å². The van der Waals surface area contributed by atoms with Gasteiger partial charge in [-0.25, -0.2) is 4.98 Å². The number of carbonyl (C=O) groups excluding carboxylic acids is 1. The molecule has 1 atom stereocenters. The molecule has 25 heteroatoms. The van der Waals surface area contributed by atoms with Gasteiger partial charge in [-0.15, -0.1) is 0 Å². The smallest absolute Gasteiger partial charge is 0.255 e. The Morgan fingerprint density at radius 2 is 0.912 bits per heavy atom. The minimum absolute atomic E-state index is 0. The van der Waals surface area contributed by atoms with Crippen molar-refractivity contribution < 1.29 is 79.4 Å². The Morgan fingerprint density at radius 3 is 1.32 bits per heavy atom. The maximum Gasteiger partial charge on any atom is 2.00 e. The summed E-state index contributed by atoms with van der Waals surface area (Å²) in [5.41, 5.74) is 8.59. The summed E-state index contributed by atoms with van der Waals surface area (Å²) in [5, 5.41) is 1.85. The molecule has 2 aromatic carbocycles. The zero-order valence-corrected chi connectivity index (χ0v) is 38.0. The molecule has 0 aliphatic carbocycles. The van der Waals surface area contributed by atoms with E-state index < -0.39 is 21.5 Å². The van der Waals surface area contributed by atoms with Gasteiger partial charge in [-0.2, -0.15) is 0 Å². The number of H-pyrrole nitrogens is 1. The van der Waals surface area contributed by atoms with Gasteiger partial charge in [-0.3, -0.25) is 34.7 Å². The summed E-state index contributed by atoms with van der Waals surface area (Å²) >= 11 is 0. The van der Waals surface area contributed by atoms with E-state index in [9.17, 15) is 55.2 Å². The summed E-state index contributed by atoms with van der Waals surface area (Å²) in [6.07, 6.45) is 10.6. The van der Waals surface area contributed by atoms with Crippen molar-refractivity contribution in [3.63, 3.8) is 0 Å². The van der Waals surface area contributed by atoms with E-state index in [1.807, 2.05) is 122 Å². The molecule has 0 saturated heterocycles. The molecule has 1 aliphatic rings. The van der Waals surface area contributed by atoms with Crippen molar-refractivity contribution in [3.8, 4) is 28.5 Å². The zero-order chi connectivity index (χ0) is 48.8. The van der Waals surface area contributed by atoms with Gasteiger partial charge >= 0.3 is 85.5 Å². The number of aromatic amines is 1. The number of nitrogens with zero attached hydrogens (tertiary/aromatic N) is 7. The normalized spacial score (nSPS) is 15.1. The number of Topliss-reactive ketones (excluding diaryl/α,β-unsaturated/α-hetero) is 1. The number of hydrogen-bond acceptors (Lipinski definition) is 9. The summed E-state index contributed by atoms with van der Waals surface area (Å²) in [4.78, 5) is 47.2. The molecule has 8 heterocycles. The summed E-state index contributed by atoms with van der Waals surface area (Å²) in [6, 6.07) is 36.6. The molecule has 0 radical (unpaired) electrons. The molecule has 358 valence electrons. The van der Waals surface area contributed by atoms with Crippen LogP contribution in [0.3, 0.4) is 0 Å². The number of nitrogens with one attached hydrogen (secondary N) is 1. The molecule has 1 unspecified atom stereocenters. The molecular formula is C43H32F12N8O2P2Ru. The number of rotatable bonds is 3. The summed E-state index contributed by atoms with van der Waals surface area (Å²) < 4.78 is 124. The van der Waals surface area contributed by atoms with Gasteiger partial charge in [0.2, 0.25) is 0 Å². The zero-order valence-electron chi connectivity index (χ0n) is 34.4. The number of aryl methyl sites for hydroxylation is 1. The molecule has 9 aromatic rings. The van der Waals surface area contributed by atoms with Crippen LogP contribution in [0.4, 0.5) is 50.4 Å². The number of halogens is 12. The van der Waals surface area contributed by atoms with Crippen molar-refractivity contribution >= 4 is 54.2 Å². The molecule has 1 N–H and O–H groups in total. The fourth-order valence-corrected chi connectivity index (χ4v) is 6.19.